The molecule has 0 saturated carbocycles. The van der Waals surface area contributed by atoms with Crippen molar-refractivity contribution in [3.63, 3.8) is 0 Å². The van der Waals surface area contributed by atoms with Crippen LogP contribution in [0.25, 0.3) is 9.65 Å². The summed E-state index contributed by atoms with van der Waals surface area (Å²) in [4.78, 5) is 22.6. The minimum atomic E-state index is -1.05. The molecule has 0 aliphatic heterocycles. The van der Waals surface area contributed by atoms with E-state index in [4.69, 9.17) is 5.11 Å². The zero-order valence-electron chi connectivity index (χ0n) is 8.31. The van der Waals surface area contributed by atoms with Gasteiger partial charge in [0.25, 0.3) is 0 Å². The van der Waals surface area contributed by atoms with E-state index in [0.717, 1.165) is 0 Å². The normalized spacial score (nSPS) is 12.9. The third-order valence-corrected chi connectivity index (χ3v) is 4.83. The molecule has 0 radical (unpaired) electrons. The minimum absolute atomic E-state index is 0.329. The van der Waals surface area contributed by atoms with Gasteiger partial charge in [0.15, 0.2) is 0 Å². The summed E-state index contributed by atoms with van der Waals surface area (Å²) in [7, 11) is 0. The molecule has 0 fully saturated rings. The van der Waals surface area contributed by atoms with Crippen LogP contribution < -0.4 is 5.56 Å². The zero-order valence-corrected chi connectivity index (χ0v) is 10.0. The molecule has 1 unspecified atom stereocenters. The molecule has 16 heavy (non-hydrogen) atoms. The van der Waals surface area contributed by atoms with Gasteiger partial charge in [0, 0.05) is 0 Å². The van der Waals surface area contributed by atoms with Crippen LogP contribution in [0.2, 0.25) is 0 Å². The summed E-state index contributed by atoms with van der Waals surface area (Å²) in [5.74, 6) is -1.46. The van der Waals surface area contributed by atoms with Gasteiger partial charge in [-0.15, -0.1) is 0 Å². The van der Waals surface area contributed by atoms with Crippen LogP contribution in [0.3, 0.4) is 0 Å². The van der Waals surface area contributed by atoms with Crippen LogP contribution in [-0.4, -0.2) is 29.4 Å². The number of aromatic nitrogens is 1. The second-order valence-electron chi connectivity index (χ2n) is 3.38. The maximum absolute atomic E-state index is 12.9. The van der Waals surface area contributed by atoms with Crippen molar-refractivity contribution in [3.05, 3.63) is 34.4 Å². The summed E-state index contributed by atoms with van der Waals surface area (Å²) in [5, 5.41) is 9.25. The third kappa shape index (κ3) is 1.70. The molecular weight excluding hydrogens is 280 g/mol. The summed E-state index contributed by atoms with van der Waals surface area (Å²) in [6.07, 6.45) is 0. The Labute approximate surface area is 95.9 Å². The van der Waals surface area contributed by atoms with Crippen molar-refractivity contribution in [2.75, 3.05) is 0 Å². The molecule has 0 aliphatic rings. The predicted molar refractivity (Wildman–Crippen MR) is 57.5 cm³/mol. The number of nitrogens with zero attached hydrogens (tertiary/aromatic N) is 1. The van der Waals surface area contributed by atoms with E-state index in [-0.39, 0.29) is 5.56 Å². The molecule has 0 saturated heterocycles. The number of aliphatic carboxylic acids is 1. The van der Waals surface area contributed by atoms with Crippen molar-refractivity contribution in [3.8, 4) is 0 Å². The van der Waals surface area contributed by atoms with E-state index in [1.807, 2.05) is 0 Å². The van der Waals surface area contributed by atoms with Crippen LogP contribution in [-0.2, 0) is 4.79 Å². The van der Waals surface area contributed by atoms with Crippen LogP contribution in [0, 0.1) is 5.82 Å². The van der Waals surface area contributed by atoms with E-state index in [1.54, 1.807) is 0 Å². The van der Waals surface area contributed by atoms with E-state index < -0.39 is 32.6 Å². The summed E-state index contributed by atoms with van der Waals surface area (Å²) >= 11 is -0.452. The summed E-state index contributed by atoms with van der Waals surface area (Å²) in [6, 6.07) is 3.04. The number of halogens is 1. The Morgan fingerprint density at radius 1 is 1.56 bits per heavy atom. The molecule has 1 aromatic carbocycles. The first kappa shape index (κ1) is 11.1. The number of hydrogen-bond acceptors (Lipinski definition) is 2. The second-order valence-corrected chi connectivity index (χ2v) is 5.51. The number of benzene rings is 1. The topological polar surface area (TPSA) is 59.3 Å². The molecule has 0 bridgehead atoms. The Balaban J connectivity index is 2.69. The van der Waals surface area contributed by atoms with Gasteiger partial charge in [-0.3, -0.25) is 0 Å². The first-order valence-electron chi connectivity index (χ1n) is 4.54. The zero-order chi connectivity index (χ0) is 11.9. The fourth-order valence-electron chi connectivity index (χ4n) is 1.37. The second kappa shape index (κ2) is 3.88. The molecule has 1 aromatic heterocycles. The van der Waals surface area contributed by atoms with Gasteiger partial charge in [-0.2, -0.15) is 0 Å². The van der Waals surface area contributed by atoms with Crippen molar-refractivity contribution >= 4 is 30.3 Å². The van der Waals surface area contributed by atoms with Gasteiger partial charge in [0.1, 0.15) is 0 Å². The molecule has 6 heteroatoms. The fourth-order valence-corrected chi connectivity index (χ4v) is 3.59. The molecule has 4 nitrogen and oxygen atoms in total. The molecule has 0 spiro atoms. The first-order chi connectivity index (χ1) is 7.50. The maximum atomic E-state index is 12.9. The van der Waals surface area contributed by atoms with Crippen LogP contribution >= 0.6 is 0 Å². The fraction of sp³-hybridized carbons (Fsp3) is 0.200. The summed E-state index contributed by atoms with van der Waals surface area (Å²) < 4.78 is 14.8. The van der Waals surface area contributed by atoms with Crippen molar-refractivity contribution in [1.82, 2.24) is 3.56 Å². The van der Waals surface area contributed by atoms with E-state index in [9.17, 15) is 14.0 Å². The Morgan fingerprint density at radius 3 is 2.88 bits per heavy atom. The standard InChI is InChI=1S/C10H8FNO3Se/c1-5(10(14)15)12-9(13)7-3-2-6(11)4-8(7)16-12/h2-5H,1H3,(H,14,15). The molecule has 84 valence electrons. The molecular formula is C10H8FNO3Se. The van der Waals surface area contributed by atoms with Crippen molar-refractivity contribution < 1.29 is 14.3 Å². The number of hydrogen-bond donors (Lipinski definition) is 1. The summed E-state index contributed by atoms with van der Waals surface area (Å²) in [5.41, 5.74) is -0.329. The summed E-state index contributed by atoms with van der Waals surface area (Å²) in [6.45, 7) is 1.45. The average molecular weight is 288 g/mol. The van der Waals surface area contributed by atoms with Gasteiger partial charge in [-0.05, 0) is 0 Å². The number of carboxylic acid groups (broad SMARTS) is 1. The first-order valence-corrected chi connectivity index (χ1v) is 6.17. The quantitative estimate of drug-likeness (QED) is 0.833. The Kier molecular flexibility index (Phi) is 2.69. The Morgan fingerprint density at radius 2 is 2.25 bits per heavy atom. The number of rotatable bonds is 2. The predicted octanol–water partition coefficient (Wildman–Crippen LogP) is 0.843. The SMILES string of the molecule is CC(C(=O)O)n1[se]c2cc(F)ccc2c1=O. The molecule has 0 amide bonds. The number of carbonyl (C=O) groups is 1. The molecule has 0 aliphatic carbocycles. The monoisotopic (exact) mass is 289 g/mol. The van der Waals surface area contributed by atoms with Gasteiger partial charge in [-0.1, -0.05) is 0 Å². The molecule has 1 atom stereocenters. The van der Waals surface area contributed by atoms with E-state index >= 15 is 0 Å². The third-order valence-electron chi connectivity index (χ3n) is 2.28. The van der Waals surface area contributed by atoms with Gasteiger partial charge in [0.2, 0.25) is 0 Å². The average Bonchev–Trinajstić information content (AvgIpc) is 2.54. The Bertz CT molecular complexity index is 616. The van der Waals surface area contributed by atoms with Crippen molar-refractivity contribution in [2.45, 2.75) is 13.0 Å². The van der Waals surface area contributed by atoms with Crippen LogP contribution in [0.4, 0.5) is 4.39 Å². The van der Waals surface area contributed by atoms with Crippen LogP contribution in [0.1, 0.15) is 13.0 Å². The van der Waals surface area contributed by atoms with Gasteiger partial charge in [0.05, 0.1) is 0 Å². The van der Waals surface area contributed by atoms with Gasteiger partial charge in [-0.25, -0.2) is 0 Å². The number of carboxylic acids is 1. The van der Waals surface area contributed by atoms with Gasteiger partial charge < -0.3 is 0 Å². The Hall–Kier alpha value is -1.39. The molecule has 2 rings (SSSR count). The van der Waals surface area contributed by atoms with Crippen molar-refractivity contribution in [2.24, 2.45) is 0 Å². The van der Waals surface area contributed by atoms with Crippen LogP contribution in [0.5, 0.6) is 0 Å². The molecule has 1 heterocycles. The van der Waals surface area contributed by atoms with Crippen molar-refractivity contribution in [1.29, 1.82) is 0 Å². The molecule has 1 N–H and O–H groups in total. The van der Waals surface area contributed by atoms with Gasteiger partial charge >= 0.3 is 95.5 Å². The molecule has 2 aromatic rings. The van der Waals surface area contributed by atoms with E-state index in [1.165, 1.54) is 28.7 Å². The van der Waals surface area contributed by atoms with E-state index in [0.29, 0.717) is 9.65 Å². The number of fused-ring (bicyclic) bond motifs is 1. The van der Waals surface area contributed by atoms with E-state index in [2.05, 4.69) is 0 Å². The van der Waals surface area contributed by atoms with Crippen LogP contribution in [0.15, 0.2) is 23.0 Å².